The van der Waals surface area contributed by atoms with Crippen LogP contribution in [-0.2, 0) is 0 Å². The number of hydrogen-bond donors (Lipinski definition) is 1. The average molecular weight is 203 g/mol. The maximum Gasteiger partial charge on any atom is 0.161 e. The van der Waals surface area contributed by atoms with Crippen molar-refractivity contribution in [2.24, 2.45) is 4.99 Å². The van der Waals surface area contributed by atoms with E-state index in [9.17, 15) is 0 Å². The minimum absolute atomic E-state index is 0.217. The molecular formula is C10H9N3S. The molecule has 1 aliphatic heterocycles. The van der Waals surface area contributed by atoms with E-state index in [0.717, 1.165) is 10.9 Å². The van der Waals surface area contributed by atoms with Crippen LogP contribution in [0.2, 0.25) is 0 Å². The highest BCUT2D eigenvalue weighted by Crippen LogP contribution is 2.25. The summed E-state index contributed by atoms with van der Waals surface area (Å²) in [4.78, 5) is 4.10. The summed E-state index contributed by atoms with van der Waals surface area (Å²) in [6.07, 6.45) is 7.75. The Kier molecular flexibility index (Phi) is 2.42. The molecule has 2 rings (SSSR count). The fraction of sp³-hybridized carbons (Fsp3) is 0.200. The van der Waals surface area contributed by atoms with Crippen LogP contribution in [0.5, 0.6) is 0 Å². The lowest BCUT2D eigenvalue weighted by atomic mass is 10.2. The molecule has 0 aromatic rings. The van der Waals surface area contributed by atoms with Crippen molar-refractivity contribution in [3.8, 4) is 6.07 Å². The third-order valence-electron chi connectivity index (χ3n) is 1.96. The molecule has 0 aromatic heterocycles. The summed E-state index contributed by atoms with van der Waals surface area (Å²) in [5.74, 6) is 0. The molecule has 0 fully saturated rings. The smallest absolute Gasteiger partial charge is 0.161 e. The predicted molar refractivity (Wildman–Crippen MR) is 58.8 cm³/mol. The normalized spacial score (nSPS) is 27.1. The standard InChI is InChI=1S/C10H9N3S/c1-12-10-13-8-3-2-7(6-11)4-9(5-8)14-10/h2-5,9H,1H3,(H,12,13). The Labute approximate surface area is 86.9 Å². The molecule has 3 nitrogen and oxygen atoms in total. The SMILES string of the molecule is CN=C1NC2=CC(C=C(C#N)C=C2)S1. The Bertz CT molecular complexity index is 410. The molecule has 14 heavy (non-hydrogen) atoms. The molecule has 70 valence electrons. The Balaban J connectivity index is 2.35. The van der Waals surface area contributed by atoms with E-state index in [-0.39, 0.29) is 5.25 Å². The first-order chi connectivity index (χ1) is 6.81. The number of nitrogens with zero attached hydrogens (tertiary/aromatic N) is 2. The van der Waals surface area contributed by atoms with Crippen molar-refractivity contribution in [1.29, 1.82) is 5.26 Å². The zero-order valence-corrected chi connectivity index (χ0v) is 8.51. The van der Waals surface area contributed by atoms with Gasteiger partial charge in [0, 0.05) is 18.3 Å². The maximum absolute atomic E-state index is 8.81. The van der Waals surface area contributed by atoms with Crippen LogP contribution in [0.1, 0.15) is 0 Å². The van der Waals surface area contributed by atoms with Gasteiger partial charge in [-0.1, -0.05) is 11.8 Å². The summed E-state index contributed by atoms with van der Waals surface area (Å²) < 4.78 is 0. The van der Waals surface area contributed by atoms with Crippen LogP contribution in [0.4, 0.5) is 0 Å². The van der Waals surface area contributed by atoms with Gasteiger partial charge in [-0.15, -0.1) is 0 Å². The van der Waals surface area contributed by atoms with E-state index in [1.807, 2.05) is 18.2 Å². The van der Waals surface area contributed by atoms with Crippen molar-refractivity contribution in [3.05, 3.63) is 35.6 Å². The van der Waals surface area contributed by atoms with E-state index in [1.165, 1.54) is 0 Å². The summed E-state index contributed by atoms with van der Waals surface area (Å²) >= 11 is 1.61. The molecule has 1 heterocycles. The lowest BCUT2D eigenvalue weighted by molar-refractivity contribution is 1.14. The predicted octanol–water partition coefficient (Wildman–Crippen LogP) is 1.58. The molecule has 1 N–H and O–H groups in total. The molecule has 1 atom stereocenters. The molecule has 0 saturated carbocycles. The third-order valence-corrected chi connectivity index (χ3v) is 3.01. The van der Waals surface area contributed by atoms with Gasteiger partial charge < -0.3 is 5.32 Å². The summed E-state index contributed by atoms with van der Waals surface area (Å²) in [6, 6.07) is 2.15. The van der Waals surface area contributed by atoms with Gasteiger partial charge in [-0.2, -0.15) is 5.26 Å². The molecule has 2 bridgehead atoms. The van der Waals surface area contributed by atoms with Crippen molar-refractivity contribution >= 4 is 16.9 Å². The van der Waals surface area contributed by atoms with Gasteiger partial charge in [-0.25, -0.2) is 0 Å². The molecule has 0 amide bonds. The third kappa shape index (κ3) is 1.73. The quantitative estimate of drug-likeness (QED) is 0.650. The molecule has 0 saturated heterocycles. The average Bonchev–Trinajstić information content (AvgIpc) is 2.36. The van der Waals surface area contributed by atoms with Crippen molar-refractivity contribution in [1.82, 2.24) is 5.32 Å². The highest BCUT2D eigenvalue weighted by atomic mass is 32.2. The number of thioether (sulfide) groups is 1. The molecular weight excluding hydrogens is 194 g/mol. The van der Waals surface area contributed by atoms with E-state index >= 15 is 0 Å². The zero-order chi connectivity index (χ0) is 9.97. The fourth-order valence-electron chi connectivity index (χ4n) is 1.31. The second kappa shape index (κ2) is 3.72. The van der Waals surface area contributed by atoms with Gasteiger partial charge in [0.15, 0.2) is 5.17 Å². The largest absolute Gasteiger partial charge is 0.335 e. The van der Waals surface area contributed by atoms with Crippen LogP contribution >= 0.6 is 11.8 Å². The van der Waals surface area contributed by atoms with E-state index in [1.54, 1.807) is 18.8 Å². The lowest BCUT2D eigenvalue weighted by Gasteiger charge is -2.18. The first kappa shape index (κ1) is 9.10. The van der Waals surface area contributed by atoms with Crippen molar-refractivity contribution in [2.75, 3.05) is 7.05 Å². The van der Waals surface area contributed by atoms with E-state index in [2.05, 4.69) is 22.5 Å². The maximum atomic E-state index is 8.81. The van der Waals surface area contributed by atoms with Crippen molar-refractivity contribution < 1.29 is 0 Å². The Morgan fingerprint density at radius 2 is 2.36 bits per heavy atom. The Hall–Kier alpha value is -1.47. The Morgan fingerprint density at radius 1 is 1.50 bits per heavy atom. The second-order valence-corrected chi connectivity index (χ2v) is 4.09. The molecule has 4 heteroatoms. The highest BCUT2D eigenvalue weighted by molar-refractivity contribution is 8.14. The van der Waals surface area contributed by atoms with Crippen LogP contribution in [0, 0.1) is 11.3 Å². The summed E-state index contributed by atoms with van der Waals surface area (Å²) in [6.45, 7) is 0. The van der Waals surface area contributed by atoms with Crippen molar-refractivity contribution in [2.45, 2.75) is 5.25 Å². The summed E-state index contributed by atoms with van der Waals surface area (Å²) in [7, 11) is 1.76. The topological polar surface area (TPSA) is 48.2 Å². The van der Waals surface area contributed by atoms with Gasteiger partial charge in [0.05, 0.1) is 11.3 Å². The highest BCUT2D eigenvalue weighted by Gasteiger charge is 2.17. The number of amidine groups is 1. The van der Waals surface area contributed by atoms with Crippen LogP contribution in [0.15, 0.2) is 40.6 Å². The molecule has 1 aliphatic carbocycles. The summed E-state index contributed by atoms with van der Waals surface area (Å²) in [5.41, 5.74) is 1.71. The zero-order valence-electron chi connectivity index (χ0n) is 7.69. The van der Waals surface area contributed by atoms with Gasteiger partial charge >= 0.3 is 0 Å². The van der Waals surface area contributed by atoms with Crippen LogP contribution in [0.3, 0.4) is 0 Å². The first-order valence-corrected chi connectivity index (χ1v) is 5.12. The van der Waals surface area contributed by atoms with Crippen molar-refractivity contribution in [3.63, 3.8) is 0 Å². The molecule has 0 aromatic carbocycles. The van der Waals surface area contributed by atoms with Gasteiger partial charge in [0.25, 0.3) is 0 Å². The van der Waals surface area contributed by atoms with E-state index in [4.69, 9.17) is 5.26 Å². The minimum atomic E-state index is 0.217. The number of rotatable bonds is 0. The number of nitrogens with one attached hydrogen (secondary N) is 1. The van der Waals surface area contributed by atoms with Crippen LogP contribution < -0.4 is 5.32 Å². The number of fused-ring (bicyclic) bond motifs is 1. The fourth-order valence-corrected chi connectivity index (χ4v) is 2.28. The van der Waals surface area contributed by atoms with Gasteiger partial charge in [-0.05, 0) is 24.3 Å². The lowest BCUT2D eigenvalue weighted by Crippen LogP contribution is -2.25. The van der Waals surface area contributed by atoms with Gasteiger partial charge in [-0.3, -0.25) is 4.99 Å². The van der Waals surface area contributed by atoms with Gasteiger partial charge in [0.2, 0.25) is 0 Å². The summed E-state index contributed by atoms with van der Waals surface area (Å²) in [5, 5.41) is 13.1. The van der Waals surface area contributed by atoms with E-state index < -0.39 is 0 Å². The number of hydrogen-bond acceptors (Lipinski definition) is 3. The molecule has 0 spiro atoms. The Morgan fingerprint density at radius 3 is 3.07 bits per heavy atom. The number of allylic oxidation sites excluding steroid dienone is 3. The number of aliphatic imine (C=N–C) groups is 1. The molecule has 1 unspecified atom stereocenters. The number of nitriles is 1. The van der Waals surface area contributed by atoms with Gasteiger partial charge in [0.1, 0.15) is 0 Å². The van der Waals surface area contributed by atoms with E-state index in [0.29, 0.717) is 5.57 Å². The monoisotopic (exact) mass is 203 g/mol. The van der Waals surface area contributed by atoms with Crippen LogP contribution in [-0.4, -0.2) is 17.5 Å². The molecule has 2 aliphatic rings. The van der Waals surface area contributed by atoms with Crippen LogP contribution in [0.25, 0.3) is 0 Å². The minimum Gasteiger partial charge on any atom is -0.335 e. The second-order valence-electron chi connectivity index (χ2n) is 2.93. The first-order valence-electron chi connectivity index (χ1n) is 4.24. The molecule has 0 radical (unpaired) electrons.